The van der Waals surface area contributed by atoms with Gasteiger partial charge in [-0.25, -0.2) is 0 Å². The Bertz CT molecular complexity index is 408. The lowest BCUT2D eigenvalue weighted by molar-refractivity contribution is -0.0329. The molecule has 0 bridgehead atoms. The number of nitrogens with zero attached hydrogens (tertiary/aromatic N) is 1. The Morgan fingerprint density at radius 3 is 2.56 bits per heavy atom. The van der Waals surface area contributed by atoms with Crippen LogP contribution in [0.1, 0.15) is 38.7 Å². The van der Waals surface area contributed by atoms with Gasteiger partial charge >= 0.3 is 0 Å². The van der Waals surface area contributed by atoms with Gasteiger partial charge in [-0.05, 0) is 38.5 Å². The topological polar surface area (TPSA) is 21.6 Å². The fraction of sp³-hybridized carbons (Fsp3) is 0.462. The molecule has 0 radical (unpaired) electrons. The summed E-state index contributed by atoms with van der Waals surface area (Å²) in [5, 5.41) is 4.91. The SMILES string of the molecule is CC1=NOC(C)(C)CC1c1ccc(Cl)cc1. The van der Waals surface area contributed by atoms with Crippen molar-refractivity contribution < 1.29 is 4.84 Å². The maximum Gasteiger partial charge on any atom is 0.133 e. The van der Waals surface area contributed by atoms with Crippen molar-refractivity contribution in [3.8, 4) is 0 Å². The second-order valence-electron chi connectivity index (χ2n) is 4.89. The van der Waals surface area contributed by atoms with E-state index in [1.807, 2.05) is 19.1 Å². The quantitative estimate of drug-likeness (QED) is 0.724. The molecule has 0 aliphatic carbocycles. The third-order valence-electron chi connectivity index (χ3n) is 2.91. The fourth-order valence-corrected chi connectivity index (χ4v) is 2.12. The van der Waals surface area contributed by atoms with Gasteiger partial charge in [-0.3, -0.25) is 0 Å². The Hall–Kier alpha value is -1.02. The molecule has 86 valence electrons. The van der Waals surface area contributed by atoms with Crippen molar-refractivity contribution >= 4 is 17.3 Å². The van der Waals surface area contributed by atoms with E-state index in [1.165, 1.54) is 5.56 Å². The van der Waals surface area contributed by atoms with Gasteiger partial charge in [0.2, 0.25) is 0 Å². The van der Waals surface area contributed by atoms with E-state index in [0.717, 1.165) is 17.2 Å². The van der Waals surface area contributed by atoms with Crippen molar-refractivity contribution in [1.82, 2.24) is 0 Å². The van der Waals surface area contributed by atoms with Crippen LogP contribution in [-0.4, -0.2) is 11.3 Å². The molecule has 0 amide bonds. The Balaban J connectivity index is 2.30. The lowest BCUT2D eigenvalue weighted by Gasteiger charge is -2.32. The average molecular weight is 238 g/mol. The Morgan fingerprint density at radius 2 is 1.94 bits per heavy atom. The van der Waals surface area contributed by atoms with Crippen LogP contribution in [0.2, 0.25) is 5.02 Å². The molecule has 0 N–H and O–H groups in total. The van der Waals surface area contributed by atoms with Gasteiger partial charge in [0.05, 0.1) is 5.71 Å². The molecule has 3 heteroatoms. The van der Waals surface area contributed by atoms with E-state index in [0.29, 0.717) is 5.92 Å². The van der Waals surface area contributed by atoms with Crippen LogP contribution >= 0.6 is 11.6 Å². The summed E-state index contributed by atoms with van der Waals surface area (Å²) in [6.07, 6.45) is 0.948. The molecule has 1 aliphatic rings. The first-order chi connectivity index (χ1) is 7.48. The second kappa shape index (κ2) is 4.10. The first-order valence-electron chi connectivity index (χ1n) is 5.46. The molecule has 1 unspecified atom stereocenters. The minimum absolute atomic E-state index is 0.191. The summed E-state index contributed by atoms with van der Waals surface area (Å²) < 4.78 is 0. The molecule has 0 spiro atoms. The standard InChI is InChI=1S/C13H16ClNO/c1-9-12(8-13(2,3)16-15-9)10-4-6-11(14)7-5-10/h4-7,12H,8H2,1-3H3. The van der Waals surface area contributed by atoms with Crippen LogP contribution in [0.4, 0.5) is 0 Å². The minimum Gasteiger partial charge on any atom is -0.390 e. The van der Waals surface area contributed by atoms with E-state index < -0.39 is 0 Å². The summed E-state index contributed by atoms with van der Waals surface area (Å²) in [5.74, 6) is 0.334. The summed E-state index contributed by atoms with van der Waals surface area (Å²) in [6, 6.07) is 7.97. The molecule has 1 heterocycles. The summed E-state index contributed by atoms with van der Waals surface area (Å²) in [7, 11) is 0. The third-order valence-corrected chi connectivity index (χ3v) is 3.16. The van der Waals surface area contributed by atoms with Gasteiger partial charge < -0.3 is 4.84 Å². The lowest BCUT2D eigenvalue weighted by Crippen LogP contribution is -2.32. The van der Waals surface area contributed by atoms with Gasteiger partial charge in [0.1, 0.15) is 5.60 Å². The minimum atomic E-state index is -0.191. The maximum atomic E-state index is 5.89. The summed E-state index contributed by atoms with van der Waals surface area (Å²) in [4.78, 5) is 5.41. The van der Waals surface area contributed by atoms with Gasteiger partial charge in [0.15, 0.2) is 0 Å². The normalized spacial score (nSPS) is 23.5. The zero-order chi connectivity index (χ0) is 11.8. The van der Waals surface area contributed by atoms with Gasteiger partial charge in [-0.15, -0.1) is 0 Å². The van der Waals surface area contributed by atoms with Crippen molar-refractivity contribution in [2.45, 2.75) is 38.7 Å². The van der Waals surface area contributed by atoms with E-state index in [-0.39, 0.29) is 5.60 Å². The monoisotopic (exact) mass is 237 g/mol. The van der Waals surface area contributed by atoms with Crippen molar-refractivity contribution in [1.29, 1.82) is 0 Å². The van der Waals surface area contributed by atoms with Crippen molar-refractivity contribution in [3.05, 3.63) is 34.9 Å². The summed E-state index contributed by atoms with van der Waals surface area (Å²) in [6.45, 7) is 6.13. The number of halogens is 1. The number of hydrogen-bond donors (Lipinski definition) is 0. The molecule has 1 aromatic rings. The molecule has 16 heavy (non-hydrogen) atoms. The molecule has 1 aromatic carbocycles. The molecule has 1 aliphatic heterocycles. The molecule has 0 saturated carbocycles. The predicted molar refractivity (Wildman–Crippen MR) is 67.1 cm³/mol. The van der Waals surface area contributed by atoms with Gasteiger partial charge in [0, 0.05) is 17.4 Å². The molecule has 2 rings (SSSR count). The molecular weight excluding hydrogens is 222 g/mol. The number of hydrogen-bond acceptors (Lipinski definition) is 2. The van der Waals surface area contributed by atoms with Crippen LogP contribution in [0.3, 0.4) is 0 Å². The van der Waals surface area contributed by atoms with Crippen LogP contribution in [0.25, 0.3) is 0 Å². The van der Waals surface area contributed by atoms with Crippen LogP contribution in [-0.2, 0) is 4.84 Å². The van der Waals surface area contributed by atoms with Crippen LogP contribution in [0.5, 0.6) is 0 Å². The van der Waals surface area contributed by atoms with Crippen LogP contribution < -0.4 is 0 Å². The maximum absolute atomic E-state index is 5.89. The van der Waals surface area contributed by atoms with Gasteiger partial charge in [-0.2, -0.15) is 0 Å². The van der Waals surface area contributed by atoms with Crippen molar-refractivity contribution in [2.24, 2.45) is 5.16 Å². The number of rotatable bonds is 1. The van der Waals surface area contributed by atoms with E-state index in [9.17, 15) is 0 Å². The average Bonchev–Trinajstić information content (AvgIpc) is 2.23. The van der Waals surface area contributed by atoms with Crippen molar-refractivity contribution in [3.63, 3.8) is 0 Å². The summed E-state index contributed by atoms with van der Waals surface area (Å²) in [5.41, 5.74) is 2.09. The van der Waals surface area contributed by atoms with E-state index in [2.05, 4.69) is 31.1 Å². The van der Waals surface area contributed by atoms with Gasteiger partial charge in [-0.1, -0.05) is 28.9 Å². The van der Waals surface area contributed by atoms with E-state index >= 15 is 0 Å². The highest BCUT2D eigenvalue weighted by atomic mass is 35.5. The second-order valence-corrected chi connectivity index (χ2v) is 5.33. The molecule has 0 fully saturated rings. The highest BCUT2D eigenvalue weighted by Gasteiger charge is 2.32. The zero-order valence-electron chi connectivity index (χ0n) is 9.83. The molecule has 0 saturated heterocycles. The molecular formula is C13H16ClNO. The Kier molecular flexibility index (Phi) is 2.94. The molecule has 2 nitrogen and oxygen atoms in total. The highest BCUT2D eigenvalue weighted by Crippen LogP contribution is 2.34. The van der Waals surface area contributed by atoms with Crippen molar-refractivity contribution in [2.75, 3.05) is 0 Å². The number of benzene rings is 1. The predicted octanol–water partition coefficient (Wildman–Crippen LogP) is 4.00. The first kappa shape index (κ1) is 11.5. The number of oxime groups is 1. The lowest BCUT2D eigenvalue weighted by atomic mass is 9.84. The zero-order valence-corrected chi connectivity index (χ0v) is 10.6. The first-order valence-corrected chi connectivity index (χ1v) is 5.84. The molecule has 0 aromatic heterocycles. The molecule has 1 atom stereocenters. The van der Waals surface area contributed by atoms with Crippen LogP contribution in [0.15, 0.2) is 29.4 Å². The highest BCUT2D eigenvalue weighted by molar-refractivity contribution is 6.30. The van der Waals surface area contributed by atoms with Gasteiger partial charge in [0.25, 0.3) is 0 Å². The van der Waals surface area contributed by atoms with E-state index in [1.54, 1.807) is 0 Å². The smallest absolute Gasteiger partial charge is 0.133 e. The van der Waals surface area contributed by atoms with Crippen LogP contribution in [0, 0.1) is 0 Å². The van der Waals surface area contributed by atoms with E-state index in [4.69, 9.17) is 16.4 Å². The Labute approximate surface area is 101 Å². The fourth-order valence-electron chi connectivity index (χ4n) is 1.99. The largest absolute Gasteiger partial charge is 0.390 e. The Morgan fingerprint density at radius 1 is 1.31 bits per heavy atom. The summed E-state index contributed by atoms with van der Waals surface area (Å²) >= 11 is 5.89. The third kappa shape index (κ3) is 2.38.